The van der Waals surface area contributed by atoms with Crippen molar-refractivity contribution in [3.05, 3.63) is 34.3 Å². The molecule has 0 amide bonds. The van der Waals surface area contributed by atoms with Crippen LogP contribution >= 0.6 is 11.6 Å². The number of hydrogen-bond acceptors (Lipinski definition) is 1. The minimum absolute atomic E-state index is 0.185. The number of carbonyl (C=O) groups is 1. The van der Waals surface area contributed by atoms with E-state index in [4.69, 9.17) is 16.7 Å². The molecule has 74 valence electrons. The molecule has 3 heteroatoms. The van der Waals surface area contributed by atoms with Crippen molar-refractivity contribution in [3.63, 3.8) is 0 Å². The molecule has 0 aliphatic heterocycles. The van der Waals surface area contributed by atoms with Gasteiger partial charge in [-0.15, -0.1) is 0 Å². The quantitative estimate of drug-likeness (QED) is 0.815. The number of hydrogen-bond donors (Lipinski definition) is 1. The first-order valence-corrected chi connectivity index (χ1v) is 4.96. The van der Waals surface area contributed by atoms with Crippen LogP contribution in [0.15, 0.2) is 18.2 Å². The number of aryl methyl sites for hydroxylation is 1. The summed E-state index contributed by atoms with van der Waals surface area (Å²) in [5.74, 6) is -0.677. The third-order valence-electron chi connectivity index (χ3n) is 2.74. The van der Waals surface area contributed by atoms with Crippen molar-refractivity contribution in [1.82, 2.24) is 0 Å². The zero-order valence-electron chi connectivity index (χ0n) is 7.83. The Kier molecular flexibility index (Phi) is 2.23. The predicted molar refractivity (Wildman–Crippen MR) is 54.7 cm³/mol. The lowest BCUT2D eigenvalue weighted by atomic mass is 10.0. The average molecular weight is 211 g/mol. The standard InChI is InChI=1S/C11H11ClO2/c1-6-4-7(12)2-3-8(6)9-5-10(9)11(13)14/h2-4,9-10H,5H2,1H3,(H,13,14)/t9-,10+/m0/s1. The van der Waals surface area contributed by atoms with Crippen LogP contribution < -0.4 is 0 Å². The highest BCUT2D eigenvalue weighted by molar-refractivity contribution is 6.30. The monoisotopic (exact) mass is 210 g/mol. The molecule has 0 saturated heterocycles. The summed E-state index contributed by atoms with van der Waals surface area (Å²) in [6, 6.07) is 5.64. The van der Waals surface area contributed by atoms with Gasteiger partial charge >= 0.3 is 5.97 Å². The fourth-order valence-corrected chi connectivity index (χ4v) is 2.09. The molecule has 1 aliphatic rings. The molecule has 0 radical (unpaired) electrons. The third-order valence-corrected chi connectivity index (χ3v) is 2.97. The lowest BCUT2D eigenvalue weighted by Crippen LogP contribution is -1.99. The van der Waals surface area contributed by atoms with Crippen molar-refractivity contribution < 1.29 is 9.90 Å². The summed E-state index contributed by atoms with van der Waals surface area (Å²) in [7, 11) is 0. The molecule has 2 atom stereocenters. The van der Waals surface area contributed by atoms with Gasteiger partial charge < -0.3 is 5.11 Å². The van der Waals surface area contributed by atoms with E-state index in [0.717, 1.165) is 17.5 Å². The molecule has 0 spiro atoms. The average Bonchev–Trinajstić information content (AvgIpc) is 2.83. The molecule has 0 bridgehead atoms. The molecule has 1 fully saturated rings. The Balaban J connectivity index is 2.23. The summed E-state index contributed by atoms with van der Waals surface area (Å²) in [4.78, 5) is 10.7. The van der Waals surface area contributed by atoms with Gasteiger partial charge in [0.15, 0.2) is 0 Å². The van der Waals surface area contributed by atoms with Crippen LogP contribution in [-0.4, -0.2) is 11.1 Å². The second-order valence-corrected chi connectivity index (χ2v) is 4.22. The molecule has 2 nitrogen and oxygen atoms in total. The fraction of sp³-hybridized carbons (Fsp3) is 0.364. The first-order chi connectivity index (χ1) is 6.59. The molecular formula is C11H11ClO2. The van der Waals surface area contributed by atoms with E-state index in [1.54, 1.807) is 0 Å². The minimum atomic E-state index is -0.690. The first kappa shape index (κ1) is 9.53. The summed E-state index contributed by atoms with van der Waals surface area (Å²) < 4.78 is 0. The lowest BCUT2D eigenvalue weighted by molar-refractivity contribution is -0.138. The molecule has 1 N–H and O–H groups in total. The van der Waals surface area contributed by atoms with Crippen LogP contribution in [0.25, 0.3) is 0 Å². The number of halogens is 1. The number of benzene rings is 1. The van der Waals surface area contributed by atoms with Gasteiger partial charge in [0.2, 0.25) is 0 Å². The second kappa shape index (κ2) is 3.28. The van der Waals surface area contributed by atoms with Crippen molar-refractivity contribution in [3.8, 4) is 0 Å². The Bertz CT molecular complexity index is 387. The summed E-state index contributed by atoms with van der Waals surface area (Å²) in [5, 5.41) is 9.51. The van der Waals surface area contributed by atoms with Crippen LogP contribution in [0.5, 0.6) is 0 Å². The van der Waals surface area contributed by atoms with Gasteiger partial charge in [-0.25, -0.2) is 0 Å². The molecular weight excluding hydrogens is 200 g/mol. The maximum atomic E-state index is 10.7. The van der Waals surface area contributed by atoms with Crippen LogP contribution in [-0.2, 0) is 4.79 Å². The van der Waals surface area contributed by atoms with Gasteiger partial charge in [-0.3, -0.25) is 4.79 Å². The zero-order valence-corrected chi connectivity index (χ0v) is 8.58. The molecule has 1 saturated carbocycles. The summed E-state index contributed by atoms with van der Waals surface area (Å²) in [6.07, 6.45) is 0.762. The highest BCUT2D eigenvalue weighted by Gasteiger charge is 2.44. The van der Waals surface area contributed by atoms with Gasteiger partial charge in [-0.2, -0.15) is 0 Å². The van der Waals surface area contributed by atoms with Gasteiger partial charge in [0, 0.05) is 5.02 Å². The molecule has 0 heterocycles. The topological polar surface area (TPSA) is 37.3 Å². The van der Waals surface area contributed by atoms with Gasteiger partial charge in [0.1, 0.15) is 0 Å². The van der Waals surface area contributed by atoms with Gasteiger partial charge in [0.05, 0.1) is 5.92 Å². The van der Waals surface area contributed by atoms with E-state index >= 15 is 0 Å². The maximum absolute atomic E-state index is 10.7. The van der Waals surface area contributed by atoms with Crippen LogP contribution in [0.1, 0.15) is 23.5 Å². The maximum Gasteiger partial charge on any atom is 0.307 e. The van der Waals surface area contributed by atoms with E-state index in [2.05, 4.69) is 0 Å². The Morgan fingerprint density at radius 1 is 1.57 bits per heavy atom. The smallest absolute Gasteiger partial charge is 0.307 e. The number of aliphatic carboxylic acids is 1. The Labute approximate surface area is 87.5 Å². The number of rotatable bonds is 2. The Morgan fingerprint density at radius 3 is 2.79 bits per heavy atom. The van der Waals surface area contributed by atoms with E-state index < -0.39 is 5.97 Å². The van der Waals surface area contributed by atoms with Crippen molar-refractivity contribution in [1.29, 1.82) is 0 Å². The number of carboxylic acid groups (broad SMARTS) is 1. The molecule has 14 heavy (non-hydrogen) atoms. The van der Waals surface area contributed by atoms with Crippen molar-refractivity contribution >= 4 is 17.6 Å². The highest BCUT2D eigenvalue weighted by Crippen LogP contribution is 2.48. The normalized spacial score (nSPS) is 24.7. The summed E-state index contributed by atoms with van der Waals surface area (Å²) in [5.41, 5.74) is 2.22. The fourth-order valence-electron chi connectivity index (χ4n) is 1.87. The van der Waals surface area contributed by atoms with E-state index in [0.29, 0.717) is 5.02 Å². The molecule has 0 aromatic heterocycles. The van der Waals surface area contributed by atoms with Crippen LogP contribution in [0.4, 0.5) is 0 Å². The second-order valence-electron chi connectivity index (χ2n) is 3.79. The van der Waals surface area contributed by atoms with Crippen molar-refractivity contribution in [2.24, 2.45) is 5.92 Å². The predicted octanol–water partition coefficient (Wildman–Crippen LogP) is 2.84. The lowest BCUT2D eigenvalue weighted by Gasteiger charge is -2.04. The van der Waals surface area contributed by atoms with Gasteiger partial charge in [-0.1, -0.05) is 17.7 Å². The van der Waals surface area contributed by atoms with Crippen molar-refractivity contribution in [2.45, 2.75) is 19.3 Å². The third kappa shape index (κ3) is 1.62. The van der Waals surface area contributed by atoms with Gasteiger partial charge in [0.25, 0.3) is 0 Å². The van der Waals surface area contributed by atoms with Crippen molar-refractivity contribution in [2.75, 3.05) is 0 Å². The molecule has 1 aromatic rings. The minimum Gasteiger partial charge on any atom is -0.481 e. The van der Waals surface area contributed by atoms with E-state index in [1.807, 2.05) is 25.1 Å². The first-order valence-electron chi connectivity index (χ1n) is 4.58. The zero-order chi connectivity index (χ0) is 10.3. The molecule has 2 rings (SSSR count). The van der Waals surface area contributed by atoms with Crippen LogP contribution in [0, 0.1) is 12.8 Å². The van der Waals surface area contributed by atoms with E-state index in [9.17, 15) is 4.79 Å². The SMILES string of the molecule is Cc1cc(Cl)ccc1[C@@H]1C[C@H]1C(=O)O. The molecule has 1 aliphatic carbocycles. The Hall–Kier alpha value is -1.02. The Morgan fingerprint density at radius 2 is 2.29 bits per heavy atom. The van der Waals surface area contributed by atoms with Gasteiger partial charge in [-0.05, 0) is 42.5 Å². The largest absolute Gasteiger partial charge is 0.481 e. The van der Waals surface area contributed by atoms with Crippen LogP contribution in [0.3, 0.4) is 0 Å². The summed E-state index contributed by atoms with van der Waals surface area (Å²) >= 11 is 5.82. The van der Waals surface area contributed by atoms with E-state index in [1.165, 1.54) is 0 Å². The van der Waals surface area contributed by atoms with E-state index in [-0.39, 0.29) is 11.8 Å². The number of carboxylic acids is 1. The highest BCUT2D eigenvalue weighted by atomic mass is 35.5. The molecule has 0 unspecified atom stereocenters. The van der Waals surface area contributed by atoms with Crippen LogP contribution in [0.2, 0.25) is 5.02 Å². The summed E-state index contributed by atoms with van der Waals surface area (Å²) in [6.45, 7) is 1.97. The molecule has 1 aromatic carbocycles.